The summed E-state index contributed by atoms with van der Waals surface area (Å²) in [6.45, 7) is 4.12. The third-order valence-electron chi connectivity index (χ3n) is 4.14. The third-order valence-corrected chi connectivity index (χ3v) is 6.16. The third kappa shape index (κ3) is 2.90. The van der Waals surface area contributed by atoms with Crippen molar-refractivity contribution in [2.75, 3.05) is 6.54 Å². The Morgan fingerprint density at radius 2 is 1.95 bits per heavy atom. The van der Waals surface area contributed by atoms with Gasteiger partial charge in [-0.05, 0) is 43.0 Å². The highest BCUT2D eigenvalue weighted by Gasteiger charge is 2.32. The van der Waals surface area contributed by atoms with Crippen molar-refractivity contribution in [2.45, 2.75) is 57.1 Å². The first kappa shape index (κ1) is 15.5. The number of sulfonamides is 1. The maximum absolute atomic E-state index is 12.8. The topological polar surface area (TPSA) is 57.6 Å². The zero-order valence-electron chi connectivity index (χ0n) is 12.2. The molecule has 1 N–H and O–H groups in total. The van der Waals surface area contributed by atoms with Crippen molar-refractivity contribution in [1.82, 2.24) is 4.31 Å². The molecule has 0 aliphatic heterocycles. The van der Waals surface area contributed by atoms with E-state index in [9.17, 15) is 13.5 Å². The van der Waals surface area contributed by atoms with Crippen LogP contribution in [0.2, 0.25) is 0 Å². The average Bonchev–Trinajstić information content (AvgIpc) is 2.93. The maximum Gasteiger partial charge on any atom is 0.243 e. The minimum atomic E-state index is -3.46. The van der Waals surface area contributed by atoms with Gasteiger partial charge in [0.2, 0.25) is 10.0 Å². The number of benzene rings is 1. The zero-order chi connectivity index (χ0) is 14.8. The molecule has 5 heteroatoms. The summed E-state index contributed by atoms with van der Waals surface area (Å²) in [6, 6.07) is 5.13. The highest BCUT2D eigenvalue weighted by atomic mass is 32.2. The predicted molar refractivity (Wildman–Crippen MR) is 78.9 cm³/mol. The molecule has 0 aromatic heterocycles. The summed E-state index contributed by atoms with van der Waals surface area (Å²) in [4.78, 5) is 0.293. The van der Waals surface area contributed by atoms with Gasteiger partial charge in [0.1, 0.15) is 0 Å². The van der Waals surface area contributed by atoms with Crippen LogP contribution in [0.3, 0.4) is 0 Å². The van der Waals surface area contributed by atoms with Crippen LogP contribution in [-0.4, -0.2) is 30.4 Å². The van der Waals surface area contributed by atoms with Crippen LogP contribution in [0.15, 0.2) is 23.1 Å². The predicted octanol–water partition coefficient (Wildman–Crippen LogP) is 2.44. The highest BCUT2D eigenvalue weighted by molar-refractivity contribution is 7.89. The maximum atomic E-state index is 12.8. The van der Waals surface area contributed by atoms with Gasteiger partial charge in [0.15, 0.2) is 0 Å². The van der Waals surface area contributed by atoms with Crippen molar-refractivity contribution in [2.24, 2.45) is 0 Å². The molecule has 1 aliphatic carbocycles. The second-order valence-corrected chi connectivity index (χ2v) is 7.28. The molecule has 1 aromatic rings. The molecule has 4 nitrogen and oxygen atoms in total. The van der Waals surface area contributed by atoms with Gasteiger partial charge >= 0.3 is 0 Å². The number of aliphatic hydroxyl groups is 1. The van der Waals surface area contributed by atoms with Crippen LogP contribution in [0.25, 0.3) is 0 Å². The van der Waals surface area contributed by atoms with E-state index in [1.54, 1.807) is 22.5 Å². The second kappa shape index (κ2) is 6.24. The van der Waals surface area contributed by atoms with E-state index in [1.807, 2.05) is 13.8 Å². The van der Waals surface area contributed by atoms with E-state index in [0.717, 1.165) is 31.2 Å². The molecule has 1 saturated carbocycles. The standard InChI is InChI=1S/C15H23NO3S/c1-3-16(14-6-4-5-7-14)20(18,19)15-9-8-12(2)13(10-15)11-17/h8-10,14,17H,3-7,11H2,1-2H3. The number of aryl methyl sites for hydroxylation is 1. The Hall–Kier alpha value is -0.910. The molecule has 0 heterocycles. The van der Waals surface area contributed by atoms with Crippen molar-refractivity contribution < 1.29 is 13.5 Å². The molecule has 112 valence electrons. The summed E-state index contributed by atoms with van der Waals surface area (Å²) in [6.07, 6.45) is 4.11. The summed E-state index contributed by atoms with van der Waals surface area (Å²) in [7, 11) is -3.46. The molecule has 0 atom stereocenters. The summed E-state index contributed by atoms with van der Waals surface area (Å²) < 4.78 is 27.2. The Balaban J connectivity index is 2.37. The van der Waals surface area contributed by atoms with Crippen molar-refractivity contribution >= 4 is 10.0 Å². The molecule has 1 aliphatic rings. The molecule has 0 bridgehead atoms. The van der Waals surface area contributed by atoms with Gasteiger partial charge in [0, 0.05) is 12.6 Å². The lowest BCUT2D eigenvalue weighted by molar-refractivity contribution is 0.280. The minimum Gasteiger partial charge on any atom is -0.392 e. The number of aliphatic hydroxyl groups excluding tert-OH is 1. The average molecular weight is 297 g/mol. The first-order chi connectivity index (χ1) is 9.50. The van der Waals surface area contributed by atoms with Gasteiger partial charge in [-0.3, -0.25) is 0 Å². The van der Waals surface area contributed by atoms with Gasteiger partial charge < -0.3 is 5.11 Å². The van der Waals surface area contributed by atoms with Crippen LogP contribution in [0.5, 0.6) is 0 Å². The van der Waals surface area contributed by atoms with Crippen LogP contribution in [0.4, 0.5) is 0 Å². The van der Waals surface area contributed by atoms with Crippen LogP contribution >= 0.6 is 0 Å². The van der Waals surface area contributed by atoms with Gasteiger partial charge in [0.25, 0.3) is 0 Å². The number of nitrogens with zero attached hydrogens (tertiary/aromatic N) is 1. The molecule has 0 unspecified atom stereocenters. The second-order valence-electron chi connectivity index (χ2n) is 5.39. The van der Waals surface area contributed by atoms with Gasteiger partial charge in [-0.2, -0.15) is 4.31 Å². The van der Waals surface area contributed by atoms with Gasteiger partial charge in [-0.15, -0.1) is 0 Å². The Morgan fingerprint density at radius 3 is 2.50 bits per heavy atom. The van der Waals surface area contributed by atoms with Crippen LogP contribution in [0.1, 0.15) is 43.7 Å². The lowest BCUT2D eigenvalue weighted by Crippen LogP contribution is -2.38. The lowest BCUT2D eigenvalue weighted by atomic mass is 10.1. The molecular weight excluding hydrogens is 274 g/mol. The molecule has 0 saturated heterocycles. The molecule has 0 spiro atoms. The Kier molecular flexibility index (Phi) is 4.83. The van der Waals surface area contributed by atoms with Crippen molar-refractivity contribution in [3.8, 4) is 0 Å². The largest absolute Gasteiger partial charge is 0.392 e. The van der Waals surface area contributed by atoms with Crippen LogP contribution in [-0.2, 0) is 16.6 Å². The lowest BCUT2D eigenvalue weighted by Gasteiger charge is -2.27. The van der Waals surface area contributed by atoms with Gasteiger partial charge in [-0.1, -0.05) is 25.8 Å². The Morgan fingerprint density at radius 1 is 1.30 bits per heavy atom. The molecule has 1 fully saturated rings. The monoisotopic (exact) mass is 297 g/mol. The summed E-state index contributed by atoms with van der Waals surface area (Å²) in [5, 5.41) is 9.31. The van der Waals surface area contributed by atoms with E-state index in [-0.39, 0.29) is 12.6 Å². The fourth-order valence-electron chi connectivity index (χ4n) is 2.93. The molecular formula is C15H23NO3S. The first-order valence-corrected chi connectivity index (χ1v) is 8.67. The number of hydrogen-bond donors (Lipinski definition) is 1. The van der Waals surface area contributed by atoms with Gasteiger partial charge in [0.05, 0.1) is 11.5 Å². The normalized spacial score (nSPS) is 17.0. The molecule has 0 radical (unpaired) electrons. The summed E-state index contributed by atoms with van der Waals surface area (Å²) in [5.41, 5.74) is 1.59. The van der Waals surface area contributed by atoms with E-state index in [2.05, 4.69) is 0 Å². The van der Waals surface area contributed by atoms with E-state index < -0.39 is 10.0 Å². The Bertz CT molecular complexity index is 562. The molecule has 20 heavy (non-hydrogen) atoms. The zero-order valence-corrected chi connectivity index (χ0v) is 13.0. The van der Waals surface area contributed by atoms with E-state index >= 15 is 0 Å². The van der Waals surface area contributed by atoms with Gasteiger partial charge in [-0.25, -0.2) is 8.42 Å². The van der Waals surface area contributed by atoms with E-state index in [4.69, 9.17) is 0 Å². The molecule has 0 amide bonds. The Labute approximate surface area is 121 Å². The summed E-state index contributed by atoms with van der Waals surface area (Å²) in [5.74, 6) is 0. The fourth-order valence-corrected chi connectivity index (χ4v) is 4.68. The van der Waals surface area contributed by atoms with Crippen molar-refractivity contribution in [3.63, 3.8) is 0 Å². The van der Waals surface area contributed by atoms with Crippen molar-refractivity contribution in [3.05, 3.63) is 29.3 Å². The first-order valence-electron chi connectivity index (χ1n) is 7.23. The van der Waals surface area contributed by atoms with Crippen LogP contribution in [0, 0.1) is 6.92 Å². The van der Waals surface area contributed by atoms with Crippen LogP contribution < -0.4 is 0 Å². The quantitative estimate of drug-likeness (QED) is 0.908. The van der Waals surface area contributed by atoms with E-state index in [0.29, 0.717) is 17.0 Å². The minimum absolute atomic E-state index is 0.129. The number of rotatable bonds is 5. The SMILES string of the molecule is CCN(C1CCCC1)S(=O)(=O)c1ccc(C)c(CO)c1. The smallest absolute Gasteiger partial charge is 0.243 e. The summed E-state index contributed by atoms with van der Waals surface area (Å²) >= 11 is 0. The highest BCUT2D eigenvalue weighted by Crippen LogP contribution is 2.29. The molecule has 1 aromatic carbocycles. The number of hydrogen-bond acceptors (Lipinski definition) is 3. The molecule has 2 rings (SSSR count). The fraction of sp³-hybridized carbons (Fsp3) is 0.600. The van der Waals surface area contributed by atoms with Crippen molar-refractivity contribution in [1.29, 1.82) is 0 Å². The van der Waals surface area contributed by atoms with E-state index in [1.165, 1.54) is 0 Å².